The lowest BCUT2D eigenvalue weighted by molar-refractivity contribution is 0.999. The van der Waals surface area contributed by atoms with Crippen molar-refractivity contribution in [2.75, 3.05) is 0 Å². The van der Waals surface area contributed by atoms with Gasteiger partial charge in [-0.2, -0.15) is 0 Å². The number of pyridine rings is 2. The fourth-order valence-electron chi connectivity index (χ4n) is 7.37. The Bertz CT molecular complexity index is 2420. The van der Waals surface area contributed by atoms with Gasteiger partial charge in [0.25, 0.3) is 0 Å². The van der Waals surface area contributed by atoms with Crippen LogP contribution in [-0.4, -0.2) is 32.6 Å². The third kappa shape index (κ3) is 4.77. The van der Waals surface area contributed by atoms with Gasteiger partial charge in [0.15, 0.2) is 0 Å². The lowest BCUT2D eigenvalue weighted by atomic mass is 10.1. The van der Waals surface area contributed by atoms with Crippen LogP contribution < -0.4 is 20.9 Å². The first-order valence-electron chi connectivity index (χ1n) is 16.7. The Balaban J connectivity index is 1.54. The SMILES string of the molecule is c1ccc([Si](c2ccccc2)(c2ccccc2)c2nc(-n3c4ccccc4c4ccccc43)nc(-c3ccccn3)c2-c2ccccn2)cc1. The number of rotatable bonds is 7. The average Bonchev–Trinajstić information content (AvgIpc) is 3.54. The molecule has 4 aromatic heterocycles. The van der Waals surface area contributed by atoms with Gasteiger partial charge in [0.1, 0.15) is 5.69 Å². The molecule has 0 aliphatic heterocycles. The lowest BCUT2D eigenvalue weighted by Crippen LogP contribution is -2.76. The highest BCUT2D eigenvalue weighted by Gasteiger charge is 2.46. The number of hydrogen-bond acceptors (Lipinski definition) is 4. The molecule has 0 saturated carbocycles. The van der Waals surface area contributed by atoms with E-state index in [-0.39, 0.29) is 0 Å². The summed E-state index contributed by atoms with van der Waals surface area (Å²) >= 11 is 0. The van der Waals surface area contributed by atoms with Crippen LogP contribution >= 0.6 is 0 Å². The normalized spacial score (nSPS) is 11.6. The third-order valence-corrected chi connectivity index (χ3v) is 14.2. The zero-order valence-corrected chi connectivity index (χ0v) is 28.1. The molecule has 0 saturated heterocycles. The maximum Gasteiger partial charge on any atom is 0.235 e. The number of nitrogens with zero attached hydrogens (tertiary/aromatic N) is 5. The van der Waals surface area contributed by atoms with Crippen LogP contribution in [0.3, 0.4) is 0 Å². The standard InChI is InChI=1S/C44H31N5Si/c1-4-18-32(19-5-1)50(33-20-6-2-7-21-33,34-22-8-3-9-23-34)43-41(37-26-14-16-30-45-37)42(38-27-15-17-31-46-38)47-44(48-43)49-39-28-12-10-24-35(39)36-25-11-13-29-40(36)49/h1-31H. The minimum atomic E-state index is -3.20. The lowest BCUT2D eigenvalue weighted by Gasteiger charge is -2.35. The van der Waals surface area contributed by atoms with Crippen molar-refractivity contribution in [3.8, 4) is 28.6 Å². The molecule has 0 bridgehead atoms. The van der Waals surface area contributed by atoms with Crippen LogP contribution in [0.15, 0.2) is 188 Å². The Kier molecular flexibility index (Phi) is 7.41. The summed E-state index contributed by atoms with van der Waals surface area (Å²) in [6.07, 6.45) is 3.68. The van der Waals surface area contributed by atoms with Crippen LogP contribution in [0.4, 0.5) is 0 Å². The summed E-state index contributed by atoms with van der Waals surface area (Å²) in [4.78, 5) is 21.2. The van der Waals surface area contributed by atoms with Gasteiger partial charge < -0.3 is 0 Å². The highest BCUT2D eigenvalue weighted by Crippen LogP contribution is 2.34. The molecule has 9 rings (SSSR count). The summed E-state index contributed by atoms with van der Waals surface area (Å²) in [6, 6.07) is 61.7. The largest absolute Gasteiger partial charge is 0.278 e. The minimum absolute atomic E-state index is 0.595. The van der Waals surface area contributed by atoms with Crippen molar-refractivity contribution in [2.45, 2.75) is 0 Å². The van der Waals surface area contributed by atoms with Gasteiger partial charge in [-0.15, -0.1) is 0 Å². The highest BCUT2D eigenvalue weighted by molar-refractivity contribution is 7.20. The molecule has 0 radical (unpaired) electrons. The number of aromatic nitrogens is 5. The van der Waals surface area contributed by atoms with Crippen molar-refractivity contribution >= 4 is 50.8 Å². The second kappa shape index (κ2) is 12.5. The number of benzene rings is 5. The molecule has 4 heterocycles. The van der Waals surface area contributed by atoms with Crippen LogP contribution in [0.2, 0.25) is 0 Å². The van der Waals surface area contributed by atoms with E-state index in [2.05, 4.69) is 150 Å². The Labute approximate surface area is 291 Å². The van der Waals surface area contributed by atoms with Crippen LogP contribution in [0, 0.1) is 0 Å². The molecule has 6 heteroatoms. The molecule has 0 aliphatic rings. The van der Waals surface area contributed by atoms with Gasteiger partial charge in [0.05, 0.1) is 27.7 Å². The van der Waals surface area contributed by atoms with Crippen molar-refractivity contribution in [1.82, 2.24) is 24.5 Å². The van der Waals surface area contributed by atoms with Crippen molar-refractivity contribution in [3.05, 3.63) is 188 Å². The predicted octanol–water partition coefficient (Wildman–Crippen LogP) is 7.08. The van der Waals surface area contributed by atoms with E-state index in [4.69, 9.17) is 19.9 Å². The van der Waals surface area contributed by atoms with Crippen LogP contribution in [0.5, 0.6) is 0 Å². The third-order valence-electron chi connectivity index (χ3n) is 9.48. The quantitative estimate of drug-likeness (QED) is 0.136. The number of para-hydroxylation sites is 2. The van der Waals surface area contributed by atoms with Crippen molar-refractivity contribution < 1.29 is 0 Å². The maximum atomic E-state index is 5.83. The topological polar surface area (TPSA) is 56.5 Å². The molecule has 0 spiro atoms. The van der Waals surface area contributed by atoms with E-state index < -0.39 is 8.07 Å². The summed E-state index contributed by atoms with van der Waals surface area (Å²) < 4.78 is 2.21. The van der Waals surface area contributed by atoms with E-state index in [1.807, 2.05) is 42.7 Å². The van der Waals surface area contributed by atoms with E-state index in [9.17, 15) is 0 Å². The summed E-state index contributed by atoms with van der Waals surface area (Å²) in [5.74, 6) is 0.595. The van der Waals surface area contributed by atoms with Gasteiger partial charge in [-0.05, 0) is 52.0 Å². The Morgan fingerprint density at radius 1 is 0.400 bits per heavy atom. The van der Waals surface area contributed by atoms with E-state index in [1.54, 1.807) is 0 Å². The summed E-state index contributed by atoms with van der Waals surface area (Å²) in [5.41, 5.74) is 5.28. The predicted molar refractivity (Wildman–Crippen MR) is 206 cm³/mol. The average molecular weight is 658 g/mol. The fraction of sp³-hybridized carbons (Fsp3) is 0. The molecule has 0 aliphatic carbocycles. The fourth-order valence-corrected chi connectivity index (χ4v) is 12.2. The van der Waals surface area contributed by atoms with E-state index in [1.165, 1.54) is 15.6 Å². The number of fused-ring (bicyclic) bond motifs is 3. The molecule has 0 N–H and O–H groups in total. The first kappa shape index (κ1) is 29.6. The molecule has 9 aromatic rings. The Hall–Kier alpha value is -6.50. The van der Waals surface area contributed by atoms with E-state index in [0.29, 0.717) is 5.95 Å². The first-order chi connectivity index (χ1) is 24.8. The second-order valence-corrected chi connectivity index (χ2v) is 15.9. The van der Waals surface area contributed by atoms with Gasteiger partial charge in [-0.1, -0.05) is 140 Å². The number of hydrogen-bond donors (Lipinski definition) is 0. The minimum Gasteiger partial charge on any atom is -0.278 e. The molecule has 0 unspecified atom stereocenters. The van der Waals surface area contributed by atoms with Crippen LogP contribution in [0.25, 0.3) is 50.4 Å². The van der Waals surface area contributed by atoms with Gasteiger partial charge in [0, 0.05) is 28.7 Å². The zero-order chi connectivity index (χ0) is 33.3. The molecular formula is C44H31N5Si. The van der Waals surface area contributed by atoms with E-state index in [0.717, 1.165) is 49.8 Å². The highest BCUT2D eigenvalue weighted by atomic mass is 28.3. The molecular weight excluding hydrogens is 627 g/mol. The maximum absolute atomic E-state index is 5.83. The Morgan fingerprint density at radius 2 is 0.840 bits per heavy atom. The molecule has 0 fully saturated rings. The molecule has 0 amide bonds. The summed E-state index contributed by atoms with van der Waals surface area (Å²) in [5, 5.41) is 6.90. The molecule has 236 valence electrons. The second-order valence-electron chi connectivity index (χ2n) is 12.2. The molecule has 50 heavy (non-hydrogen) atoms. The van der Waals surface area contributed by atoms with Crippen LogP contribution in [-0.2, 0) is 0 Å². The smallest absolute Gasteiger partial charge is 0.235 e. The molecule has 5 nitrogen and oxygen atoms in total. The molecule has 0 atom stereocenters. The van der Waals surface area contributed by atoms with Crippen LogP contribution in [0.1, 0.15) is 0 Å². The summed E-state index contributed by atoms with van der Waals surface area (Å²) in [7, 11) is -3.20. The summed E-state index contributed by atoms with van der Waals surface area (Å²) in [6.45, 7) is 0. The van der Waals surface area contributed by atoms with Gasteiger partial charge in [-0.25, -0.2) is 9.97 Å². The van der Waals surface area contributed by atoms with Crippen molar-refractivity contribution in [3.63, 3.8) is 0 Å². The van der Waals surface area contributed by atoms with Gasteiger partial charge >= 0.3 is 0 Å². The molecule has 5 aromatic carbocycles. The van der Waals surface area contributed by atoms with Crippen molar-refractivity contribution in [1.29, 1.82) is 0 Å². The zero-order valence-electron chi connectivity index (χ0n) is 27.1. The Morgan fingerprint density at radius 3 is 1.32 bits per heavy atom. The first-order valence-corrected chi connectivity index (χ1v) is 18.7. The van der Waals surface area contributed by atoms with Crippen molar-refractivity contribution in [2.24, 2.45) is 0 Å². The van der Waals surface area contributed by atoms with Gasteiger partial charge in [0.2, 0.25) is 14.0 Å². The van der Waals surface area contributed by atoms with E-state index >= 15 is 0 Å². The van der Waals surface area contributed by atoms with Gasteiger partial charge in [-0.3, -0.25) is 14.5 Å². The monoisotopic (exact) mass is 657 g/mol.